The molecule has 1 heterocycles. The van der Waals surface area contributed by atoms with Crippen molar-refractivity contribution in [3.63, 3.8) is 0 Å². The van der Waals surface area contributed by atoms with Gasteiger partial charge in [-0.3, -0.25) is 15.5 Å². The van der Waals surface area contributed by atoms with Crippen LogP contribution in [0.25, 0.3) is 0 Å². The second kappa shape index (κ2) is 10.5. The van der Waals surface area contributed by atoms with Gasteiger partial charge < -0.3 is 9.47 Å². The molecule has 0 aliphatic heterocycles. The van der Waals surface area contributed by atoms with Crippen molar-refractivity contribution < 1.29 is 18.8 Å². The van der Waals surface area contributed by atoms with Gasteiger partial charge in [-0.05, 0) is 64.3 Å². The quantitative estimate of drug-likeness (QED) is 0.248. The molecular weight excluding hydrogens is 471 g/mol. The molecule has 0 spiro atoms. The highest BCUT2D eigenvalue weighted by atomic mass is 79.9. The smallest absolute Gasteiger partial charge is 0.313 e. The number of benzene rings is 2. The minimum Gasteiger partial charge on any atom is -0.490 e. The van der Waals surface area contributed by atoms with Crippen LogP contribution in [0.4, 0.5) is 15.9 Å². The van der Waals surface area contributed by atoms with E-state index >= 15 is 0 Å². The Morgan fingerprint density at radius 2 is 2.03 bits per heavy atom. The largest absolute Gasteiger partial charge is 0.490 e. The molecule has 1 N–H and O–H groups in total. The molecule has 0 saturated carbocycles. The minimum atomic E-state index is -0.540. The highest BCUT2D eigenvalue weighted by Crippen LogP contribution is 2.37. The van der Waals surface area contributed by atoms with Gasteiger partial charge in [0.05, 0.1) is 22.2 Å². The molecule has 0 aliphatic carbocycles. The Morgan fingerprint density at radius 3 is 2.74 bits per heavy atom. The topological polar surface area (TPSA) is 98.9 Å². The summed E-state index contributed by atoms with van der Waals surface area (Å²) in [4.78, 5) is 14.4. The van der Waals surface area contributed by atoms with E-state index in [0.717, 1.165) is 5.56 Å². The summed E-state index contributed by atoms with van der Waals surface area (Å²) in [7, 11) is 0. The molecule has 0 aliphatic rings. The number of halogens is 2. The van der Waals surface area contributed by atoms with Crippen molar-refractivity contribution in [2.75, 3.05) is 12.0 Å². The van der Waals surface area contributed by atoms with Gasteiger partial charge in [-0.2, -0.15) is 5.10 Å². The molecule has 0 radical (unpaired) electrons. The highest BCUT2D eigenvalue weighted by Gasteiger charge is 2.14. The van der Waals surface area contributed by atoms with Gasteiger partial charge in [0.1, 0.15) is 12.4 Å². The first kappa shape index (κ1) is 22.2. The Kier molecular flexibility index (Phi) is 7.50. The normalized spacial score (nSPS) is 10.8. The number of nitrogens with zero attached hydrogens (tertiary/aromatic N) is 3. The van der Waals surface area contributed by atoms with Gasteiger partial charge in [-0.1, -0.05) is 12.1 Å². The van der Waals surface area contributed by atoms with E-state index in [1.54, 1.807) is 24.3 Å². The molecule has 10 heteroatoms. The van der Waals surface area contributed by atoms with Crippen LogP contribution >= 0.6 is 15.9 Å². The summed E-state index contributed by atoms with van der Waals surface area (Å²) >= 11 is 3.47. The Bertz CT molecular complexity index is 1090. The van der Waals surface area contributed by atoms with E-state index in [2.05, 4.69) is 31.4 Å². The van der Waals surface area contributed by atoms with Crippen LogP contribution in [0.1, 0.15) is 18.1 Å². The first-order chi connectivity index (χ1) is 15.0. The zero-order valence-electron chi connectivity index (χ0n) is 16.4. The van der Waals surface area contributed by atoms with Crippen LogP contribution in [0.3, 0.4) is 0 Å². The van der Waals surface area contributed by atoms with Gasteiger partial charge in [0.2, 0.25) is 5.82 Å². The molecule has 0 atom stereocenters. The fourth-order valence-corrected chi connectivity index (χ4v) is 3.17. The van der Waals surface area contributed by atoms with E-state index in [-0.39, 0.29) is 23.9 Å². The van der Waals surface area contributed by atoms with E-state index in [4.69, 9.17) is 9.47 Å². The van der Waals surface area contributed by atoms with E-state index < -0.39 is 4.92 Å². The molecule has 3 aromatic rings. The summed E-state index contributed by atoms with van der Waals surface area (Å²) in [5.74, 6) is 0.709. The Balaban J connectivity index is 1.77. The molecule has 2 aromatic carbocycles. The first-order valence-corrected chi connectivity index (χ1v) is 9.99. The number of hydrogen-bond donors (Lipinski definition) is 1. The number of hydrogen-bond acceptors (Lipinski definition) is 7. The summed E-state index contributed by atoms with van der Waals surface area (Å²) in [6.45, 7) is 2.50. The Hall–Kier alpha value is -3.53. The molecular formula is C21H18BrFN4O4. The second-order valence-corrected chi connectivity index (χ2v) is 7.03. The van der Waals surface area contributed by atoms with Crippen molar-refractivity contribution in [3.05, 3.63) is 86.3 Å². The van der Waals surface area contributed by atoms with Crippen LogP contribution in [-0.2, 0) is 6.61 Å². The molecule has 0 fully saturated rings. The lowest BCUT2D eigenvalue weighted by Crippen LogP contribution is -2.02. The first-order valence-electron chi connectivity index (χ1n) is 9.20. The van der Waals surface area contributed by atoms with Crippen molar-refractivity contribution in [3.8, 4) is 11.5 Å². The minimum absolute atomic E-state index is 0.0344. The molecule has 0 bridgehead atoms. The molecule has 160 valence electrons. The third-order valence-electron chi connectivity index (χ3n) is 4.00. The van der Waals surface area contributed by atoms with Crippen LogP contribution < -0.4 is 14.9 Å². The lowest BCUT2D eigenvalue weighted by molar-refractivity contribution is -0.384. The average molecular weight is 489 g/mol. The summed E-state index contributed by atoms with van der Waals surface area (Å²) in [5.41, 5.74) is 3.87. The van der Waals surface area contributed by atoms with Crippen molar-refractivity contribution in [2.45, 2.75) is 13.5 Å². The number of pyridine rings is 1. The molecule has 0 saturated heterocycles. The van der Waals surface area contributed by atoms with E-state index in [1.165, 1.54) is 36.7 Å². The van der Waals surface area contributed by atoms with E-state index in [1.807, 2.05) is 6.92 Å². The van der Waals surface area contributed by atoms with Gasteiger partial charge in [0.25, 0.3) is 0 Å². The molecule has 8 nitrogen and oxygen atoms in total. The zero-order valence-corrected chi connectivity index (χ0v) is 18.0. The van der Waals surface area contributed by atoms with E-state index in [0.29, 0.717) is 28.1 Å². The summed E-state index contributed by atoms with van der Waals surface area (Å²) in [6, 6.07) is 12.3. The van der Waals surface area contributed by atoms with Gasteiger partial charge in [-0.15, -0.1) is 0 Å². The van der Waals surface area contributed by atoms with Crippen molar-refractivity contribution in [1.82, 2.24) is 4.98 Å². The standard InChI is InChI=1S/C21H18BrFN4O4/c1-2-30-19-11-15(12-25-26-21-18(27(28)29)4-3-9-24-21)10-17(22)20(19)31-13-14-5-7-16(23)8-6-14/h3-12H,2,13H2,1H3,(H,24,26)/b25-12-. The fourth-order valence-electron chi connectivity index (χ4n) is 2.60. The van der Waals surface area contributed by atoms with Gasteiger partial charge >= 0.3 is 5.69 Å². The number of ether oxygens (including phenoxy) is 2. The third kappa shape index (κ3) is 5.98. The van der Waals surface area contributed by atoms with Gasteiger partial charge in [0, 0.05) is 12.3 Å². The predicted molar refractivity (Wildman–Crippen MR) is 118 cm³/mol. The maximum absolute atomic E-state index is 13.1. The van der Waals surface area contributed by atoms with Crippen LogP contribution in [-0.4, -0.2) is 22.7 Å². The number of aromatic nitrogens is 1. The maximum atomic E-state index is 13.1. The number of nitro groups is 1. The van der Waals surface area contributed by atoms with Gasteiger partial charge in [-0.25, -0.2) is 9.37 Å². The molecule has 0 unspecified atom stereocenters. The number of hydrazone groups is 1. The second-order valence-electron chi connectivity index (χ2n) is 6.18. The van der Waals surface area contributed by atoms with Crippen LogP contribution in [0.2, 0.25) is 0 Å². The van der Waals surface area contributed by atoms with E-state index in [9.17, 15) is 14.5 Å². The molecule has 3 rings (SSSR count). The van der Waals surface area contributed by atoms with Crippen molar-refractivity contribution in [1.29, 1.82) is 0 Å². The Morgan fingerprint density at radius 1 is 1.26 bits per heavy atom. The molecule has 1 aromatic heterocycles. The van der Waals surface area contributed by atoms with Crippen LogP contribution in [0, 0.1) is 15.9 Å². The van der Waals surface area contributed by atoms with Crippen molar-refractivity contribution in [2.24, 2.45) is 5.10 Å². The van der Waals surface area contributed by atoms with Gasteiger partial charge in [0.15, 0.2) is 11.5 Å². The predicted octanol–water partition coefficient (Wildman–Crippen LogP) is 5.32. The average Bonchev–Trinajstić information content (AvgIpc) is 2.75. The Labute approximate surface area is 186 Å². The monoisotopic (exact) mass is 488 g/mol. The zero-order chi connectivity index (χ0) is 22.2. The summed E-state index contributed by atoms with van der Waals surface area (Å²) in [5, 5.41) is 15.1. The lowest BCUT2D eigenvalue weighted by Gasteiger charge is -2.14. The molecule has 0 amide bonds. The summed E-state index contributed by atoms with van der Waals surface area (Å²) < 4.78 is 25.3. The van der Waals surface area contributed by atoms with Crippen LogP contribution in [0.5, 0.6) is 11.5 Å². The summed E-state index contributed by atoms with van der Waals surface area (Å²) in [6.07, 6.45) is 2.91. The third-order valence-corrected chi connectivity index (χ3v) is 4.58. The molecule has 31 heavy (non-hydrogen) atoms. The number of nitrogens with one attached hydrogen (secondary N) is 1. The lowest BCUT2D eigenvalue weighted by atomic mass is 10.2. The number of rotatable bonds is 9. The highest BCUT2D eigenvalue weighted by molar-refractivity contribution is 9.10. The maximum Gasteiger partial charge on any atom is 0.313 e. The number of anilines is 1. The SMILES string of the molecule is CCOc1cc(/C=N\Nc2ncccc2[N+](=O)[O-])cc(Br)c1OCc1ccc(F)cc1. The van der Waals surface area contributed by atoms with Crippen LogP contribution in [0.15, 0.2) is 64.3 Å². The van der Waals surface area contributed by atoms with Crippen molar-refractivity contribution >= 4 is 33.6 Å². The fraction of sp³-hybridized carbons (Fsp3) is 0.143.